The predicted molar refractivity (Wildman–Crippen MR) is 93.3 cm³/mol. The number of aromatic nitrogens is 2. The molecule has 1 atom stereocenters. The molecule has 2 aromatic carbocycles. The van der Waals surface area contributed by atoms with Gasteiger partial charge >= 0.3 is 0 Å². The molecule has 3 heteroatoms. The highest BCUT2D eigenvalue weighted by Crippen LogP contribution is 2.32. The van der Waals surface area contributed by atoms with Crippen molar-refractivity contribution in [3.05, 3.63) is 66.5 Å². The SMILES string of the molecule is CC(C)(C)C(CO)n1c[n+](Cc2ccccc2)c2ccccc21. The van der Waals surface area contributed by atoms with Crippen molar-refractivity contribution in [1.82, 2.24) is 4.57 Å². The molecule has 1 unspecified atom stereocenters. The summed E-state index contributed by atoms with van der Waals surface area (Å²) in [6.45, 7) is 7.47. The Morgan fingerprint density at radius 1 is 1.00 bits per heavy atom. The lowest BCUT2D eigenvalue weighted by Gasteiger charge is -2.26. The van der Waals surface area contributed by atoms with Crippen LogP contribution in [0.5, 0.6) is 0 Å². The third kappa shape index (κ3) is 3.15. The zero-order chi connectivity index (χ0) is 16.4. The second-order valence-electron chi connectivity index (χ2n) is 7.19. The van der Waals surface area contributed by atoms with E-state index in [4.69, 9.17) is 0 Å². The highest BCUT2D eigenvalue weighted by molar-refractivity contribution is 5.71. The van der Waals surface area contributed by atoms with E-state index < -0.39 is 0 Å². The number of para-hydroxylation sites is 2. The van der Waals surface area contributed by atoms with Crippen molar-refractivity contribution in [2.45, 2.75) is 33.4 Å². The summed E-state index contributed by atoms with van der Waals surface area (Å²) < 4.78 is 4.48. The van der Waals surface area contributed by atoms with Gasteiger partial charge in [0.15, 0.2) is 11.0 Å². The van der Waals surface area contributed by atoms with Gasteiger partial charge in [0, 0.05) is 5.41 Å². The van der Waals surface area contributed by atoms with Gasteiger partial charge in [0.25, 0.3) is 0 Å². The maximum atomic E-state index is 9.94. The van der Waals surface area contributed by atoms with Gasteiger partial charge in [-0.25, -0.2) is 9.13 Å². The predicted octanol–water partition coefficient (Wildman–Crippen LogP) is 3.56. The Kier molecular flexibility index (Phi) is 4.22. The molecule has 0 bridgehead atoms. The summed E-state index contributed by atoms with van der Waals surface area (Å²) in [4.78, 5) is 0. The summed E-state index contributed by atoms with van der Waals surface area (Å²) >= 11 is 0. The number of hydrogen-bond donors (Lipinski definition) is 1. The van der Waals surface area contributed by atoms with E-state index in [1.807, 2.05) is 6.07 Å². The molecule has 1 aromatic heterocycles. The van der Waals surface area contributed by atoms with E-state index in [0.717, 1.165) is 12.1 Å². The Morgan fingerprint density at radius 2 is 1.65 bits per heavy atom. The average Bonchev–Trinajstić information content (AvgIpc) is 2.87. The number of rotatable bonds is 4. The summed E-state index contributed by atoms with van der Waals surface area (Å²) in [5.41, 5.74) is 3.62. The monoisotopic (exact) mass is 309 g/mol. The molecular weight excluding hydrogens is 284 g/mol. The van der Waals surface area contributed by atoms with Crippen LogP contribution < -0.4 is 4.57 Å². The highest BCUT2D eigenvalue weighted by Gasteiger charge is 2.32. The van der Waals surface area contributed by atoms with E-state index in [1.165, 1.54) is 11.1 Å². The molecule has 0 aliphatic rings. The van der Waals surface area contributed by atoms with Crippen molar-refractivity contribution < 1.29 is 9.67 Å². The molecular formula is C20H25N2O+. The third-order valence-electron chi connectivity index (χ3n) is 4.44. The zero-order valence-corrected chi connectivity index (χ0v) is 14.1. The molecule has 0 saturated heterocycles. The van der Waals surface area contributed by atoms with Crippen LogP contribution in [-0.2, 0) is 6.54 Å². The Bertz CT molecular complexity index is 784. The Morgan fingerprint density at radius 3 is 2.30 bits per heavy atom. The molecule has 0 aliphatic heterocycles. The summed E-state index contributed by atoms with van der Waals surface area (Å²) in [5.74, 6) is 0. The van der Waals surface area contributed by atoms with Crippen molar-refractivity contribution in [3.63, 3.8) is 0 Å². The summed E-state index contributed by atoms with van der Waals surface area (Å²) in [6.07, 6.45) is 2.14. The lowest BCUT2D eigenvalue weighted by atomic mass is 9.87. The van der Waals surface area contributed by atoms with Crippen molar-refractivity contribution in [2.24, 2.45) is 5.41 Å². The van der Waals surface area contributed by atoms with E-state index in [2.05, 4.69) is 84.8 Å². The van der Waals surface area contributed by atoms with Crippen LogP contribution >= 0.6 is 0 Å². The molecule has 1 N–H and O–H groups in total. The summed E-state index contributed by atoms with van der Waals surface area (Å²) in [5, 5.41) is 9.94. The molecule has 1 heterocycles. The number of imidazole rings is 1. The summed E-state index contributed by atoms with van der Waals surface area (Å²) in [7, 11) is 0. The third-order valence-corrected chi connectivity index (χ3v) is 4.44. The summed E-state index contributed by atoms with van der Waals surface area (Å²) in [6, 6.07) is 18.9. The van der Waals surface area contributed by atoms with Gasteiger partial charge in [-0.15, -0.1) is 0 Å². The van der Waals surface area contributed by atoms with Gasteiger partial charge in [0.05, 0.1) is 6.61 Å². The molecule has 120 valence electrons. The molecule has 0 aliphatic carbocycles. The van der Waals surface area contributed by atoms with E-state index in [9.17, 15) is 5.11 Å². The minimum Gasteiger partial charge on any atom is -0.392 e. The highest BCUT2D eigenvalue weighted by atomic mass is 16.3. The van der Waals surface area contributed by atoms with Gasteiger partial charge in [0.1, 0.15) is 12.6 Å². The fourth-order valence-corrected chi connectivity index (χ4v) is 3.13. The van der Waals surface area contributed by atoms with Crippen molar-refractivity contribution in [3.8, 4) is 0 Å². The Labute approximate surface area is 137 Å². The van der Waals surface area contributed by atoms with Crippen LogP contribution in [0.1, 0.15) is 32.4 Å². The molecule has 0 fully saturated rings. The van der Waals surface area contributed by atoms with Crippen molar-refractivity contribution in [2.75, 3.05) is 6.61 Å². The lowest BCUT2D eigenvalue weighted by molar-refractivity contribution is -0.663. The standard InChI is InChI=1S/C20H25N2O/c1-20(2,3)19(14-23)22-15-21(13-16-9-5-4-6-10-16)17-11-7-8-12-18(17)22/h4-12,15,19,23H,13-14H2,1-3H3/q+1. The molecule has 0 saturated carbocycles. The van der Waals surface area contributed by atoms with E-state index in [-0.39, 0.29) is 18.1 Å². The maximum Gasteiger partial charge on any atom is 0.245 e. The van der Waals surface area contributed by atoms with Crippen LogP contribution in [0.3, 0.4) is 0 Å². The minimum atomic E-state index is -0.0128. The van der Waals surface area contributed by atoms with E-state index in [0.29, 0.717) is 0 Å². The van der Waals surface area contributed by atoms with Crippen LogP contribution in [0, 0.1) is 5.41 Å². The molecule has 3 nitrogen and oxygen atoms in total. The molecule has 0 spiro atoms. The van der Waals surface area contributed by atoms with Crippen molar-refractivity contribution in [1.29, 1.82) is 0 Å². The second kappa shape index (κ2) is 6.17. The van der Waals surface area contributed by atoms with Gasteiger partial charge in [-0.05, 0) is 17.7 Å². The molecule has 3 rings (SSSR count). The number of aliphatic hydroxyl groups is 1. The molecule has 23 heavy (non-hydrogen) atoms. The Hall–Kier alpha value is -2.13. The smallest absolute Gasteiger partial charge is 0.245 e. The van der Waals surface area contributed by atoms with Gasteiger partial charge in [-0.2, -0.15) is 0 Å². The van der Waals surface area contributed by atoms with Crippen LogP contribution in [0.15, 0.2) is 60.9 Å². The van der Waals surface area contributed by atoms with Crippen LogP contribution in [-0.4, -0.2) is 16.3 Å². The van der Waals surface area contributed by atoms with Crippen molar-refractivity contribution >= 4 is 11.0 Å². The van der Waals surface area contributed by atoms with Gasteiger partial charge in [0.2, 0.25) is 6.33 Å². The van der Waals surface area contributed by atoms with E-state index in [1.54, 1.807) is 0 Å². The van der Waals surface area contributed by atoms with Gasteiger partial charge < -0.3 is 5.11 Å². The van der Waals surface area contributed by atoms with Crippen LogP contribution in [0.4, 0.5) is 0 Å². The first-order chi connectivity index (χ1) is 11.0. The van der Waals surface area contributed by atoms with Gasteiger partial charge in [-0.3, -0.25) is 0 Å². The number of nitrogens with zero attached hydrogens (tertiary/aromatic N) is 2. The number of hydrogen-bond acceptors (Lipinski definition) is 1. The normalized spacial score (nSPS) is 13.4. The van der Waals surface area contributed by atoms with Gasteiger partial charge in [-0.1, -0.05) is 63.2 Å². The number of benzene rings is 2. The first-order valence-electron chi connectivity index (χ1n) is 8.14. The maximum absolute atomic E-state index is 9.94. The largest absolute Gasteiger partial charge is 0.392 e. The number of aliphatic hydroxyl groups excluding tert-OH is 1. The Balaban J connectivity index is 2.10. The minimum absolute atomic E-state index is 0.0128. The zero-order valence-electron chi connectivity index (χ0n) is 14.1. The number of fused-ring (bicyclic) bond motifs is 1. The quantitative estimate of drug-likeness (QED) is 0.734. The fraction of sp³-hybridized carbons (Fsp3) is 0.350. The average molecular weight is 309 g/mol. The van der Waals surface area contributed by atoms with Crippen LogP contribution in [0.25, 0.3) is 11.0 Å². The topological polar surface area (TPSA) is 29.0 Å². The van der Waals surface area contributed by atoms with E-state index >= 15 is 0 Å². The lowest BCUT2D eigenvalue weighted by Crippen LogP contribution is -2.34. The first kappa shape index (κ1) is 15.8. The molecule has 3 aromatic rings. The second-order valence-corrected chi connectivity index (χ2v) is 7.19. The molecule has 0 radical (unpaired) electrons. The van der Waals surface area contributed by atoms with Crippen LogP contribution in [0.2, 0.25) is 0 Å². The first-order valence-corrected chi connectivity index (χ1v) is 8.14. The molecule has 0 amide bonds. The fourth-order valence-electron chi connectivity index (χ4n) is 3.13.